The van der Waals surface area contributed by atoms with E-state index in [2.05, 4.69) is 17.2 Å². The highest BCUT2D eigenvalue weighted by atomic mass is 32.2. The number of thioether (sulfide) groups is 1. The number of nitrogens with zero attached hydrogens (tertiary/aromatic N) is 1. The monoisotopic (exact) mass is 398 g/mol. The predicted molar refractivity (Wildman–Crippen MR) is 111 cm³/mol. The van der Waals surface area contributed by atoms with Crippen molar-refractivity contribution in [2.45, 2.75) is 23.7 Å². The fourth-order valence-electron chi connectivity index (χ4n) is 3.79. The van der Waals surface area contributed by atoms with Gasteiger partial charge in [0.1, 0.15) is 11.6 Å². The van der Waals surface area contributed by atoms with Crippen LogP contribution in [0.2, 0.25) is 0 Å². The van der Waals surface area contributed by atoms with Gasteiger partial charge in [-0.25, -0.2) is 4.39 Å². The first-order valence-corrected chi connectivity index (χ1v) is 10.4. The van der Waals surface area contributed by atoms with E-state index in [1.54, 1.807) is 19.2 Å². The summed E-state index contributed by atoms with van der Waals surface area (Å²) in [5, 5.41) is 1.20. The molecule has 28 heavy (non-hydrogen) atoms. The molecule has 6 heteroatoms. The first-order chi connectivity index (χ1) is 13.6. The number of halogens is 1. The third kappa shape index (κ3) is 4.02. The normalized spacial score (nSPS) is 15.1. The van der Waals surface area contributed by atoms with Crippen molar-refractivity contribution in [3.8, 4) is 5.75 Å². The zero-order valence-electron chi connectivity index (χ0n) is 15.8. The molecule has 1 saturated heterocycles. The average molecular weight is 399 g/mol. The van der Waals surface area contributed by atoms with E-state index in [1.165, 1.54) is 34.8 Å². The van der Waals surface area contributed by atoms with Crippen LogP contribution >= 0.6 is 11.8 Å². The van der Waals surface area contributed by atoms with E-state index < -0.39 is 0 Å². The van der Waals surface area contributed by atoms with Crippen molar-refractivity contribution in [3.05, 3.63) is 60.0 Å². The Labute approximate surface area is 168 Å². The number of aromatic amines is 1. The summed E-state index contributed by atoms with van der Waals surface area (Å²) in [5.74, 6) is 1.58. The summed E-state index contributed by atoms with van der Waals surface area (Å²) in [6.07, 6.45) is 4.00. The number of fused-ring (bicyclic) bond motifs is 1. The van der Waals surface area contributed by atoms with E-state index in [0.29, 0.717) is 11.7 Å². The van der Waals surface area contributed by atoms with Gasteiger partial charge in [-0.3, -0.25) is 4.79 Å². The summed E-state index contributed by atoms with van der Waals surface area (Å²) in [4.78, 5) is 18.7. The van der Waals surface area contributed by atoms with Gasteiger partial charge in [0.25, 0.3) is 0 Å². The molecule has 0 spiro atoms. The third-order valence-corrected chi connectivity index (χ3v) is 6.38. The third-order valence-electron chi connectivity index (χ3n) is 5.38. The minimum atomic E-state index is -0.257. The van der Waals surface area contributed by atoms with E-state index in [-0.39, 0.29) is 11.7 Å². The van der Waals surface area contributed by atoms with E-state index in [4.69, 9.17) is 4.74 Å². The highest BCUT2D eigenvalue weighted by molar-refractivity contribution is 8.00. The number of nitrogens with one attached hydrogen (secondary N) is 1. The van der Waals surface area contributed by atoms with Crippen LogP contribution in [0.15, 0.2) is 53.6 Å². The standard InChI is InChI=1S/C22H23FN2O2S/c1-27-17-4-7-21-19(12-17)20(13-24-21)15-8-10-25(11-9-15)22(26)14-28-18-5-2-16(23)3-6-18/h2-7,12-13,15,24H,8-11,14H2,1H3. The number of ether oxygens (including phenoxy) is 1. The molecule has 1 aliphatic heterocycles. The number of benzene rings is 2. The van der Waals surface area contributed by atoms with Crippen LogP contribution in [-0.2, 0) is 4.79 Å². The van der Waals surface area contributed by atoms with Crippen molar-refractivity contribution >= 4 is 28.6 Å². The van der Waals surface area contributed by atoms with Crippen LogP contribution in [0.1, 0.15) is 24.3 Å². The number of piperidine rings is 1. The molecule has 3 aromatic rings. The van der Waals surface area contributed by atoms with Crippen molar-refractivity contribution in [2.75, 3.05) is 26.0 Å². The molecule has 0 aliphatic carbocycles. The SMILES string of the molecule is COc1ccc2[nH]cc(C3CCN(C(=O)CSc4ccc(F)cc4)CC3)c2c1. The second-order valence-corrected chi connectivity index (χ2v) is 8.10. The van der Waals surface area contributed by atoms with Crippen LogP contribution in [-0.4, -0.2) is 41.7 Å². The quantitative estimate of drug-likeness (QED) is 0.627. The Bertz CT molecular complexity index is 962. The van der Waals surface area contributed by atoms with Crippen LogP contribution in [0.4, 0.5) is 4.39 Å². The lowest BCUT2D eigenvalue weighted by Gasteiger charge is -2.32. The largest absolute Gasteiger partial charge is 0.497 e. The number of hydrogen-bond acceptors (Lipinski definition) is 3. The lowest BCUT2D eigenvalue weighted by molar-refractivity contribution is -0.129. The number of methoxy groups -OCH3 is 1. The molecule has 2 aromatic carbocycles. The molecular weight excluding hydrogens is 375 g/mol. The highest BCUT2D eigenvalue weighted by Crippen LogP contribution is 2.35. The number of rotatable bonds is 5. The number of carbonyl (C=O) groups is 1. The van der Waals surface area contributed by atoms with E-state index in [0.717, 1.165) is 42.1 Å². The van der Waals surface area contributed by atoms with Crippen molar-refractivity contribution < 1.29 is 13.9 Å². The van der Waals surface area contributed by atoms with Gasteiger partial charge in [-0.15, -0.1) is 11.8 Å². The minimum Gasteiger partial charge on any atom is -0.497 e. The average Bonchev–Trinajstić information content (AvgIpc) is 3.16. The highest BCUT2D eigenvalue weighted by Gasteiger charge is 2.25. The van der Waals surface area contributed by atoms with Crippen LogP contribution in [0.3, 0.4) is 0 Å². The molecule has 1 fully saturated rings. The first-order valence-electron chi connectivity index (χ1n) is 9.45. The van der Waals surface area contributed by atoms with E-state index in [1.807, 2.05) is 17.0 Å². The Morgan fingerprint density at radius 3 is 2.68 bits per heavy atom. The minimum absolute atomic E-state index is 0.147. The van der Waals surface area contributed by atoms with Gasteiger partial charge in [-0.2, -0.15) is 0 Å². The topological polar surface area (TPSA) is 45.3 Å². The van der Waals surface area contributed by atoms with Crippen LogP contribution in [0, 0.1) is 5.82 Å². The van der Waals surface area contributed by atoms with Crippen molar-refractivity contribution in [1.29, 1.82) is 0 Å². The molecule has 4 rings (SSSR count). The molecule has 146 valence electrons. The molecule has 1 amide bonds. The summed E-state index contributed by atoms with van der Waals surface area (Å²) in [6, 6.07) is 12.4. The van der Waals surface area contributed by atoms with E-state index >= 15 is 0 Å². The molecule has 1 N–H and O–H groups in total. The smallest absolute Gasteiger partial charge is 0.232 e. The van der Waals surface area contributed by atoms with Gasteiger partial charge < -0.3 is 14.6 Å². The summed E-state index contributed by atoms with van der Waals surface area (Å²) < 4.78 is 18.3. The van der Waals surface area contributed by atoms with Gasteiger partial charge >= 0.3 is 0 Å². The molecule has 1 aliphatic rings. The van der Waals surface area contributed by atoms with Crippen LogP contribution in [0.25, 0.3) is 10.9 Å². The maximum Gasteiger partial charge on any atom is 0.232 e. The van der Waals surface area contributed by atoms with Gasteiger partial charge in [0, 0.05) is 35.1 Å². The lowest BCUT2D eigenvalue weighted by atomic mass is 9.89. The fourth-order valence-corrected chi connectivity index (χ4v) is 4.59. The molecule has 2 heterocycles. The summed E-state index contributed by atoms with van der Waals surface area (Å²) >= 11 is 1.46. The van der Waals surface area contributed by atoms with Gasteiger partial charge in [-0.1, -0.05) is 0 Å². The number of carbonyl (C=O) groups excluding carboxylic acids is 1. The summed E-state index contributed by atoms with van der Waals surface area (Å²) in [5.41, 5.74) is 2.42. The van der Waals surface area contributed by atoms with Gasteiger partial charge in [0.05, 0.1) is 12.9 Å². The molecule has 0 bridgehead atoms. The summed E-state index contributed by atoms with van der Waals surface area (Å²) in [7, 11) is 1.68. The molecule has 0 saturated carbocycles. The molecular formula is C22H23FN2O2S. The molecule has 4 nitrogen and oxygen atoms in total. The molecule has 1 aromatic heterocycles. The fraction of sp³-hybridized carbons (Fsp3) is 0.318. The second kappa shape index (κ2) is 8.27. The van der Waals surface area contributed by atoms with E-state index in [9.17, 15) is 9.18 Å². The van der Waals surface area contributed by atoms with Gasteiger partial charge in [-0.05, 0) is 66.8 Å². The Morgan fingerprint density at radius 2 is 1.96 bits per heavy atom. The molecule has 0 radical (unpaired) electrons. The van der Waals surface area contributed by atoms with Gasteiger partial charge in [0.2, 0.25) is 5.91 Å². The number of amides is 1. The Morgan fingerprint density at radius 1 is 1.21 bits per heavy atom. The van der Waals surface area contributed by atoms with Crippen molar-refractivity contribution in [1.82, 2.24) is 9.88 Å². The molecule has 0 unspecified atom stereocenters. The second-order valence-electron chi connectivity index (χ2n) is 7.05. The maximum atomic E-state index is 13.0. The Kier molecular flexibility index (Phi) is 5.57. The van der Waals surface area contributed by atoms with Crippen LogP contribution in [0.5, 0.6) is 5.75 Å². The van der Waals surface area contributed by atoms with Gasteiger partial charge in [0.15, 0.2) is 0 Å². The first kappa shape index (κ1) is 18.9. The number of hydrogen-bond donors (Lipinski definition) is 1. The van der Waals surface area contributed by atoms with Crippen molar-refractivity contribution in [3.63, 3.8) is 0 Å². The van der Waals surface area contributed by atoms with Crippen molar-refractivity contribution in [2.24, 2.45) is 0 Å². The number of aromatic nitrogens is 1. The Hall–Kier alpha value is -2.47. The number of likely N-dealkylation sites (tertiary alicyclic amines) is 1. The zero-order chi connectivity index (χ0) is 19.5. The molecule has 0 atom stereocenters. The predicted octanol–water partition coefficient (Wildman–Crippen LogP) is 4.81. The zero-order valence-corrected chi connectivity index (χ0v) is 16.6. The van der Waals surface area contributed by atoms with Crippen LogP contribution < -0.4 is 4.74 Å². The summed E-state index contributed by atoms with van der Waals surface area (Å²) in [6.45, 7) is 1.54. The maximum absolute atomic E-state index is 13.0. The number of H-pyrrole nitrogens is 1. The lowest BCUT2D eigenvalue weighted by Crippen LogP contribution is -2.38. The Balaban J connectivity index is 1.35.